The first-order valence-electron chi connectivity index (χ1n) is 8.72. The van der Waals surface area contributed by atoms with Crippen LogP contribution in [0.3, 0.4) is 0 Å². The highest BCUT2D eigenvalue weighted by molar-refractivity contribution is 5.99. The van der Waals surface area contributed by atoms with Crippen molar-refractivity contribution in [1.82, 2.24) is 5.32 Å². The van der Waals surface area contributed by atoms with E-state index in [1.807, 2.05) is 54.6 Å². The second kappa shape index (κ2) is 7.24. The van der Waals surface area contributed by atoms with Gasteiger partial charge >= 0.3 is 0 Å². The van der Waals surface area contributed by atoms with Gasteiger partial charge in [0.25, 0.3) is 5.91 Å². The zero-order valence-electron chi connectivity index (χ0n) is 14.4. The average Bonchev–Trinajstić information content (AvgIpc) is 2.72. The molecule has 0 radical (unpaired) electrons. The SMILES string of the molecule is O=C(NCc1ccc2ccccc2c1-c1ccccc1)c1ccccc1. The Morgan fingerprint density at radius 1 is 0.692 bits per heavy atom. The lowest BCUT2D eigenvalue weighted by Gasteiger charge is -2.14. The molecule has 4 aromatic carbocycles. The monoisotopic (exact) mass is 337 g/mol. The van der Waals surface area contributed by atoms with Gasteiger partial charge in [-0.3, -0.25) is 4.79 Å². The summed E-state index contributed by atoms with van der Waals surface area (Å²) in [5.41, 5.74) is 4.12. The molecule has 0 aliphatic rings. The maximum atomic E-state index is 12.4. The fraction of sp³-hybridized carbons (Fsp3) is 0.0417. The normalized spacial score (nSPS) is 10.6. The van der Waals surface area contributed by atoms with Gasteiger partial charge in [-0.25, -0.2) is 0 Å². The molecular weight excluding hydrogens is 318 g/mol. The fourth-order valence-corrected chi connectivity index (χ4v) is 3.28. The van der Waals surface area contributed by atoms with E-state index < -0.39 is 0 Å². The van der Waals surface area contributed by atoms with Crippen LogP contribution in [-0.2, 0) is 6.54 Å². The predicted octanol–water partition coefficient (Wildman–Crippen LogP) is 5.44. The Morgan fingerprint density at radius 3 is 2.12 bits per heavy atom. The van der Waals surface area contributed by atoms with Gasteiger partial charge in [-0.2, -0.15) is 0 Å². The first kappa shape index (κ1) is 16.1. The van der Waals surface area contributed by atoms with E-state index in [-0.39, 0.29) is 5.91 Å². The Balaban J connectivity index is 1.72. The molecule has 26 heavy (non-hydrogen) atoms. The predicted molar refractivity (Wildman–Crippen MR) is 107 cm³/mol. The van der Waals surface area contributed by atoms with Gasteiger partial charge < -0.3 is 5.32 Å². The Kier molecular flexibility index (Phi) is 4.48. The summed E-state index contributed by atoms with van der Waals surface area (Å²) < 4.78 is 0. The molecule has 0 fully saturated rings. The van der Waals surface area contributed by atoms with Crippen LogP contribution in [0.25, 0.3) is 21.9 Å². The quantitative estimate of drug-likeness (QED) is 0.528. The molecule has 2 nitrogen and oxygen atoms in total. The molecule has 0 heterocycles. The largest absolute Gasteiger partial charge is 0.348 e. The summed E-state index contributed by atoms with van der Waals surface area (Å²) >= 11 is 0. The number of rotatable bonds is 4. The van der Waals surface area contributed by atoms with Gasteiger partial charge in [0.05, 0.1) is 0 Å². The van der Waals surface area contributed by atoms with E-state index >= 15 is 0 Å². The lowest BCUT2D eigenvalue weighted by atomic mass is 9.93. The standard InChI is InChI=1S/C24H19NO/c26-24(20-12-5-2-6-13-20)25-17-21-16-15-18-9-7-8-14-22(18)23(21)19-10-3-1-4-11-19/h1-16H,17H2,(H,25,26). The molecule has 0 aliphatic carbocycles. The molecule has 0 bridgehead atoms. The zero-order valence-corrected chi connectivity index (χ0v) is 14.4. The lowest BCUT2D eigenvalue weighted by molar-refractivity contribution is 0.0951. The summed E-state index contributed by atoms with van der Waals surface area (Å²) in [4.78, 5) is 12.4. The fourth-order valence-electron chi connectivity index (χ4n) is 3.28. The number of carbonyl (C=O) groups is 1. The van der Waals surface area contributed by atoms with Crippen molar-refractivity contribution in [3.8, 4) is 11.1 Å². The van der Waals surface area contributed by atoms with Gasteiger partial charge in [-0.05, 0) is 39.6 Å². The van der Waals surface area contributed by atoms with E-state index in [1.165, 1.54) is 16.3 Å². The highest BCUT2D eigenvalue weighted by atomic mass is 16.1. The summed E-state index contributed by atoms with van der Waals surface area (Å²) in [6, 6.07) is 32.2. The third kappa shape index (κ3) is 3.22. The van der Waals surface area contributed by atoms with E-state index in [0.29, 0.717) is 12.1 Å². The van der Waals surface area contributed by atoms with E-state index in [1.54, 1.807) is 0 Å². The summed E-state index contributed by atoms with van der Waals surface area (Å²) in [6.07, 6.45) is 0. The minimum absolute atomic E-state index is 0.0576. The third-order valence-corrected chi connectivity index (χ3v) is 4.55. The van der Waals surface area contributed by atoms with Crippen LogP contribution < -0.4 is 5.32 Å². The van der Waals surface area contributed by atoms with Gasteiger partial charge in [-0.1, -0.05) is 84.9 Å². The van der Waals surface area contributed by atoms with E-state index in [2.05, 4.69) is 47.8 Å². The molecule has 0 spiro atoms. The molecule has 4 aromatic rings. The molecule has 0 unspecified atom stereocenters. The van der Waals surface area contributed by atoms with Crippen LogP contribution >= 0.6 is 0 Å². The number of hydrogen-bond acceptors (Lipinski definition) is 1. The maximum absolute atomic E-state index is 12.4. The van der Waals surface area contributed by atoms with Crippen molar-refractivity contribution in [2.24, 2.45) is 0 Å². The van der Waals surface area contributed by atoms with Crippen molar-refractivity contribution < 1.29 is 4.79 Å². The number of benzene rings is 4. The third-order valence-electron chi connectivity index (χ3n) is 4.55. The smallest absolute Gasteiger partial charge is 0.251 e. The van der Waals surface area contributed by atoms with Crippen LogP contribution in [-0.4, -0.2) is 5.91 Å². The minimum atomic E-state index is -0.0576. The first-order chi connectivity index (χ1) is 12.8. The average molecular weight is 337 g/mol. The highest BCUT2D eigenvalue weighted by Crippen LogP contribution is 2.32. The Hall–Kier alpha value is -3.39. The van der Waals surface area contributed by atoms with Crippen molar-refractivity contribution in [2.75, 3.05) is 0 Å². The first-order valence-corrected chi connectivity index (χ1v) is 8.72. The Labute approximate surface area is 153 Å². The van der Waals surface area contributed by atoms with Crippen molar-refractivity contribution in [1.29, 1.82) is 0 Å². The second-order valence-corrected chi connectivity index (χ2v) is 6.24. The van der Waals surface area contributed by atoms with Crippen molar-refractivity contribution in [2.45, 2.75) is 6.54 Å². The Bertz CT molecular complexity index is 1040. The van der Waals surface area contributed by atoms with E-state index in [4.69, 9.17) is 0 Å². The van der Waals surface area contributed by atoms with E-state index in [0.717, 1.165) is 11.1 Å². The molecule has 1 N–H and O–H groups in total. The van der Waals surface area contributed by atoms with Crippen LogP contribution in [0.4, 0.5) is 0 Å². The lowest BCUT2D eigenvalue weighted by Crippen LogP contribution is -2.23. The molecular formula is C24H19NO. The van der Waals surface area contributed by atoms with Crippen LogP contribution in [0.15, 0.2) is 97.1 Å². The number of nitrogens with one attached hydrogen (secondary N) is 1. The molecule has 0 aromatic heterocycles. The highest BCUT2D eigenvalue weighted by Gasteiger charge is 2.11. The molecule has 4 rings (SSSR count). The molecule has 0 aliphatic heterocycles. The van der Waals surface area contributed by atoms with Gasteiger partial charge in [0.15, 0.2) is 0 Å². The molecule has 0 atom stereocenters. The van der Waals surface area contributed by atoms with Gasteiger partial charge in [0.2, 0.25) is 0 Å². The number of amides is 1. The summed E-state index contributed by atoms with van der Waals surface area (Å²) in [5, 5.41) is 5.45. The molecule has 126 valence electrons. The molecule has 2 heteroatoms. The zero-order chi connectivity index (χ0) is 17.8. The summed E-state index contributed by atoms with van der Waals surface area (Å²) in [7, 11) is 0. The second-order valence-electron chi connectivity index (χ2n) is 6.24. The number of carbonyl (C=O) groups excluding carboxylic acids is 1. The van der Waals surface area contributed by atoms with Gasteiger partial charge in [0.1, 0.15) is 0 Å². The van der Waals surface area contributed by atoms with Crippen molar-refractivity contribution in [3.63, 3.8) is 0 Å². The van der Waals surface area contributed by atoms with Crippen LogP contribution in [0, 0.1) is 0 Å². The number of hydrogen-bond donors (Lipinski definition) is 1. The van der Waals surface area contributed by atoms with Crippen LogP contribution in [0.1, 0.15) is 15.9 Å². The van der Waals surface area contributed by atoms with Crippen LogP contribution in [0.5, 0.6) is 0 Å². The van der Waals surface area contributed by atoms with Crippen LogP contribution in [0.2, 0.25) is 0 Å². The molecule has 1 amide bonds. The molecule has 0 saturated heterocycles. The Morgan fingerprint density at radius 2 is 1.35 bits per heavy atom. The van der Waals surface area contributed by atoms with Gasteiger partial charge in [0, 0.05) is 12.1 Å². The topological polar surface area (TPSA) is 29.1 Å². The summed E-state index contributed by atoms with van der Waals surface area (Å²) in [6.45, 7) is 0.489. The maximum Gasteiger partial charge on any atom is 0.251 e. The molecule has 0 saturated carbocycles. The minimum Gasteiger partial charge on any atom is -0.348 e. The summed E-state index contributed by atoms with van der Waals surface area (Å²) in [5.74, 6) is -0.0576. The van der Waals surface area contributed by atoms with E-state index in [9.17, 15) is 4.79 Å². The van der Waals surface area contributed by atoms with Gasteiger partial charge in [-0.15, -0.1) is 0 Å². The van der Waals surface area contributed by atoms with Crippen molar-refractivity contribution >= 4 is 16.7 Å². The van der Waals surface area contributed by atoms with Crippen molar-refractivity contribution in [3.05, 3.63) is 108 Å². The number of fused-ring (bicyclic) bond motifs is 1.